The Bertz CT molecular complexity index is 1310. The molecule has 1 atom stereocenters. The van der Waals surface area contributed by atoms with Crippen LogP contribution in [0.15, 0.2) is 24.4 Å². The van der Waals surface area contributed by atoms with Crippen LogP contribution in [0.4, 0.5) is 0 Å². The van der Waals surface area contributed by atoms with Crippen molar-refractivity contribution in [2.24, 2.45) is 5.73 Å². The van der Waals surface area contributed by atoms with Gasteiger partial charge in [0.25, 0.3) is 0 Å². The lowest BCUT2D eigenvalue weighted by Gasteiger charge is -2.21. The minimum absolute atomic E-state index is 0.0808. The lowest BCUT2D eigenvalue weighted by molar-refractivity contribution is 0.00681. The van der Waals surface area contributed by atoms with Crippen LogP contribution in [-0.4, -0.2) is 55.2 Å². The SMILES string of the molecule is COC(=O)c1cc(C(=O)O)nc2nc(O)cn12.Cc1c(C(=O)OC(C)(C)C)ccc2c1CC[C@@H]2N. The smallest absolute Gasteiger partial charge is 0.355 e. The molecule has 0 aliphatic heterocycles. The Morgan fingerprint density at radius 2 is 1.86 bits per heavy atom. The highest BCUT2D eigenvalue weighted by Crippen LogP contribution is 2.33. The summed E-state index contributed by atoms with van der Waals surface area (Å²) < 4.78 is 11.1. The van der Waals surface area contributed by atoms with Crippen LogP contribution in [0, 0.1) is 6.92 Å². The summed E-state index contributed by atoms with van der Waals surface area (Å²) in [6, 6.07) is 4.97. The number of carboxylic acids is 1. The molecule has 2 heterocycles. The molecule has 1 aliphatic carbocycles. The van der Waals surface area contributed by atoms with E-state index in [0.717, 1.165) is 42.2 Å². The average molecular weight is 485 g/mol. The largest absolute Gasteiger partial charge is 0.492 e. The third-order valence-electron chi connectivity index (χ3n) is 5.40. The molecule has 0 spiro atoms. The number of carbonyl (C=O) groups excluding carboxylic acids is 2. The first-order valence-corrected chi connectivity index (χ1v) is 10.8. The summed E-state index contributed by atoms with van der Waals surface area (Å²) in [6.07, 6.45) is 3.06. The molecule has 0 amide bonds. The zero-order valence-electron chi connectivity index (χ0n) is 20.2. The number of carboxylic acid groups (broad SMARTS) is 1. The van der Waals surface area contributed by atoms with Gasteiger partial charge in [-0.05, 0) is 63.3 Å². The van der Waals surface area contributed by atoms with Crippen LogP contribution in [0.2, 0.25) is 0 Å². The molecule has 0 saturated carbocycles. The molecule has 0 fully saturated rings. The molecule has 186 valence electrons. The molecule has 0 saturated heterocycles. The van der Waals surface area contributed by atoms with Gasteiger partial charge in [-0.1, -0.05) is 6.07 Å². The van der Waals surface area contributed by atoms with Crippen LogP contribution >= 0.6 is 0 Å². The Hall–Kier alpha value is -3.99. The molecule has 35 heavy (non-hydrogen) atoms. The van der Waals surface area contributed by atoms with Gasteiger partial charge in [-0.3, -0.25) is 4.40 Å². The van der Waals surface area contributed by atoms with Crippen LogP contribution in [-0.2, 0) is 15.9 Å². The molecule has 4 rings (SSSR count). The second-order valence-electron chi connectivity index (χ2n) is 9.05. The summed E-state index contributed by atoms with van der Waals surface area (Å²) in [6.45, 7) is 7.62. The fourth-order valence-electron chi connectivity index (χ4n) is 3.79. The van der Waals surface area contributed by atoms with Crippen molar-refractivity contribution in [2.75, 3.05) is 7.11 Å². The predicted molar refractivity (Wildman–Crippen MR) is 125 cm³/mol. The summed E-state index contributed by atoms with van der Waals surface area (Å²) in [5.74, 6) is -2.77. The summed E-state index contributed by atoms with van der Waals surface area (Å²) in [7, 11) is 1.16. The highest BCUT2D eigenvalue weighted by Gasteiger charge is 2.26. The number of imidazole rings is 1. The number of aromatic carboxylic acids is 1. The van der Waals surface area contributed by atoms with Gasteiger partial charge in [0, 0.05) is 12.1 Å². The Morgan fingerprint density at radius 3 is 2.46 bits per heavy atom. The number of hydrogen-bond acceptors (Lipinski definition) is 9. The number of rotatable bonds is 3. The number of nitrogens with two attached hydrogens (primary N) is 1. The Morgan fingerprint density at radius 1 is 1.17 bits per heavy atom. The number of fused-ring (bicyclic) bond motifs is 2. The van der Waals surface area contributed by atoms with Crippen molar-refractivity contribution >= 4 is 23.7 Å². The van der Waals surface area contributed by atoms with Crippen LogP contribution in [0.1, 0.15) is 81.3 Å². The number of aromatic nitrogens is 3. The van der Waals surface area contributed by atoms with Gasteiger partial charge in [-0.25, -0.2) is 19.4 Å². The average Bonchev–Trinajstić information content (AvgIpc) is 3.34. The first-order valence-electron chi connectivity index (χ1n) is 10.8. The predicted octanol–water partition coefficient (Wildman–Crippen LogP) is 2.82. The summed E-state index contributed by atoms with van der Waals surface area (Å²) >= 11 is 0. The van der Waals surface area contributed by atoms with Crippen molar-refractivity contribution in [3.63, 3.8) is 0 Å². The zero-order chi connectivity index (χ0) is 26.1. The van der Waals surface area contributed by atoms with Gasteiger partial charge >= 0.3 is 17.9 Å². The van der Waals surface area contributed by atoms with E-state index in [2.05, 4.69) is 14.7 Å². The molecule has 11 heteroatoms. The standard InChI is InChI=1S/C15H21NO2.C9H7N3O5/c1-9-10-7-8-13(16)12(10)6-5-11(9)14(17)18-15(2,3)4;1-17-8(16)5-2-4(7(14)15)10-9-11-6(13)3-12(5)9/h5-6,13H,7-8,16H2,1-4H3;2-3,13H,1H3,(H,14,15)/t13-;/m0./s1. The first-order chi connectivity index (χ1) is 16.3. The molecule has 2 aromatic heterocycles. The lowest BCUT2D eigenvalue weighted by atomic mass is 9.98. The fraction of sp³-hybridized carbons (Fsp3) is 0.375. The molecular weight excluding hydrogens is 456 g/mol. The van der Waals surface area contributed by atoms with E-state index in [1.54, 1.807) is 0 Å². The van der Waals surface area contributed by atoms with E-state index >= 15 is 0 Å². The number of esters is 2. The summed E-state index contributed by atoms with van der Waals surface area (Å²) in [5.41, 5.74) is 9.22. The van der Waals surface area contributed by atoms with Gasteiger partial charge < -0.3 is 25.4 Å². The maximum atomic E-state index is 12.1. The van der Waals surface area contributed by atoms with E-state index in [-0.39, 0.29) is 35.1 Å². The van der Waals surface area contributed by atoms with Gasteiger partial charge in [0.15, 0.2) is 5.69 Å². The number of hydrogen-bond donors (Lipinski definition) is 3. The highest BCUT2D eigenvalue weighted by atomic mass is 16.6. The van der Waals surface area contributed by atoms with Crippen LogP contribution < -0.4 is 5.73 Å². The molecule has 1 aromatic carbocycles. The minimum atomic E-state index is -1.31. The van der Waals surface area contributed by atoms with Crippen molar-refractivity contribution in [1.82, 2.24) is 14.4 Å². The van der Waals surface area contributed by atoms with Crippen molar-refractivity contribution in [1.29, 1.82) is 0 Å². The van der Waals surface area contributed by atoms with E-state index in [1.807, 2.05) is 39.8 Å². The molecule has 0 bridgehead atoms. The molecule has 4 N–H and O–H groups in total. The van der Waals surface area contributed by atoms with Crippen LogP contribution in [0.3, 0.4) is 0 Å². The van der Waals surface area contributed by atoms with E-state index in [1.165, 1.54) is 11.1 Å². The maximum Gasteiger partial charge on any atom is 0.355 e. The van der Waals surface area contributed by atoms with Gasteiger partial charge in [-0.2, -0.15) is 4.98 Å². The second-order valence-corrected chi connectivity index (χ2v) is 9.05. The number of methoxy groups -OCH3 is 1. The van der Waals surface area contributed by atoms with Crippen molar-refractivity contribution in [3.8, 4) is 5.88 Å². The number of carbonyl (C=O) groups is 3. The quantitative estimate of drug-likeness (QED) is 0.470. The molecule has 0 unspecified atom stereocenters. The number of ether oxygens (including phenoxy) is 2. The Balaban J connectivity index is 0.000000196. The van der Waals surface area contributed by atoms with Gasteiger partial charge in [0.2, 0.25) is 11.7 Å². The fourth-order valence-corrected chi connectivity index (χ4v) is 3.79. The second kappa shape index (κ2) is 9.71. The Kier molecular flexibility index (Phi) is 7.11. The van der Waals surface area contributed by atoms with Crippen LogP contribution in [0.5, 0.6) is 5.88 Å². The topological polar surface area (TPSA) is 166 Å². The van der Waals surface area contributed by atoms with Crippen molar-refractivity contribution < 1.29 is 34.1 Å². The van der Waals surface area contributed by atoms with Gasteiger partial charge in [0.05, 0.1) is 18.9 Å². The summed E-state index contributed by atoms with van der Waals surface area (Å²) in [5, 5.41) is 18.0. The normalized spacial score (nSPS) is 14.6. The van der Waals surface area contributed by atoms with E-state index in [4.69, 9.17) is 15.6 Å². The molecule has 11 nitrogen and oxygen atoms in total. The first kappa shape index (κ1) is 25.6. The zero-order valence-corrected chi connectivity index (χ0v) is 20.2. The molecule has 0 radical (unpaired) electrons. The van der Waals surface area contributed by atoms with E-state index in [0.29, 0.717) is 5.56 Å². The van der Waals surface area contributed by atoms with Gasteiger partial charge in [-0.15, -0.1) is 0 Å². The third-order valence-corrected chi connectivity index (χ3v) is 5.40. The summed E-state index contributed by atoms with van der Waals surface area (Å²) in [4.78, 5) is 41.6. The van der Waals surface area contributed by atoms with E-state index < -0.39 is 17.5 Å². The van der Waals surface area contributed by atoms with E-state index in [9.17, 15) is 19.5 Å². The lowest BCUT2D eigenvalue weighted by Crippen LogP contribution is -2.24. The number of aromatic hydroxyl groups is 1. The van der Waals surface area contributed by atoms with Crippen molar-refractivity contribution in [2.45, 2.75) is 52.2 Å². The monoisotopic (exact) mass is 484 g/mol. The highest BCUT2D eigenvalue weighted by molar-refractivity contribution is 5.93. The number of benzene rings is 1. The third kappa shape index (κ3) is 5.57. The molecular formula is C24H28N4O7. The molecule has 1 aliphatic rings. The molecule has 3 aromatic rings. The van der Waals surface area contributed by atoms with Crippen molar-refractivity contribution in [3.05, 3.63) is 58.0 Å². The maximum absolute atomic E-state index is 12.1. The van der Waals surface area contributed by atoms with Gasteiger partial charge in [0.1, 0.15) is 11.3 Å². The number of nitrogens with zero attached hydrogens (tertiary/aromatic N) is 3. The Labute approximate surface area is 201 Å². The van der Waals surface area contributed by atoms with Crippen LogP contribution in [0.25, 0.3) is 5.78 Å². The minimum Gasteiger partial charge on any atom is -0.492 e.